The van der Waals surface area contributed by atoms with Crippen LogP contribution in [0.2, 0.25) is 0 Å². The van der Waals surface area contributed by atoms with Crippen molar-refractivity contribution in [1.82, 2.24) is 15.0 Å². The molecule has 2 aromatic rings. The van der Waals surface area contributed by atoms with Crippen LogP contribution in [0.5, 0.6) is 11.8 Å². The maximum Gasteiger partial charge on any atom is 0.301 e. The van der Waals surface area contributed by atoms with E-state index in [-0.39, 0.29) is 42.4 Å². The number of alkyl halides is 1. The van der Waals surface area contributed by atoms with Crippen molar-refractivity contribution in [1.29, 1.82) is 0 Å². The number of ether oxygens (including phenoxy) is 3. The Hall–Kier alpha value is -3.43. The molecule has 0 radical (unpaired) electrons. The van der Waals surface area contributed by atoms with Crippen LogP contribution in [0.3, 0.4) is 0 Å². The topological polar surface area (TPSA) is 170 Å². The van der Waals surface area contributed by atoms with Gasteiger partial charge in [-0.15, -0.1) is 11.6 Å². The van der Waals surface area contributed by atoms with Gasteiger partial charge in [-0.3, -0.25) is 0 Å². The third kappa shape index (κ3) is 8.98. The first-order valence-electron chi connectivity index (χ1n) is 10.4. The van der Waals surface area contributed by atoms with E-state index in [2.05, 4.69) is 51.0 Å². The highest BCUT2D eigenvalue weighted by molar-refractivity contribution is 7.90. The monoisotopic (exact) mass is 545 g/mol. The summed E-state index contributed by atoms with van der Waals surface area (Å²) in [6, 6.07) is 3.00. The van der Waals surface area contributed by atoms with Gasteiger partial charge in [-0.2, -0.15) is 22.8 Å². The van der Waals surface area contributed by atoms with Crippen LogP contribution in [-0.2, 0) is 19.6 Å². The molecule has 0 unspecified atom stereocenters. The number of methoxy groups -OCH3 is 2. The number of hydrogen-bond acceptors (Lipinski definition) is 11. The van der Waals surface area contributed by atoms with Gasteiger partial charge in [0.25, 0.3) is 5.90 Å². The molecule has 14 nitrogen and oxygen atoms in total. The van der Waals surface area contributed by atoms with Crippen molar-refractivity contribution in [2.24, 2.45) is 9.55 Å². The van der Waals surface area contributed by atoms with Crippen LogP contribution < -0.4 is 19.9 Å². The molecule has 0 saturated carbocycles. The molecule has 0 amide bonds. The number of oxime groups is 1. The van der Waals surface area contributed by atoms with E-state index >= 15 is 0 Å². The predicted octanol–water partition coefficient (Wildman–Crippen LogP) is 0.0457. The SMILES string of the molecule is COc1cc(OC)nc(N/C([O-])=N/S(=O)(=O)c2ncccc2C2=NOCCO2)n1.C[N+](C)(C)CCCl. The zero-order valence-corrected chi connectivity index (χ0v) is 22.0. The van der Waals surface area contributed by atoms with Crippen LogP contribution in [0.25, 0.3) is 0 Å². The molecule has 0 spiro atoms. The van der Waals surface area contributed by atoms with Gasteiger partial charge in [0, 0.05) is 6.20 Å². The molecule has 3 rings (SSSR count). The predicted molar refractivity (Wildman–Crippen MR) is 130 cm³/mol. The Bertz CT molecular complexity index is 1160. The molecular weight excluding hydrogens is 518 g/mol. The number of nitrogens with one attached hydrogen (secondary N) is 1. The van der Waals surface area contributed by atoms with Crippen molar-refractivity contribution in [2.45, 2.75) is 5.03 Å². The molecule has 1 aliphatic heterocycles. The minimum atomic E-state index is -4.52. The first kappa shape index (κ1) is 28.8. The molecule has 0 aliphatic carbocycles. The summed E-state index contributed by atoms with van der Waals surface area (Å²) >= 11 is 5.47. The Balaban J connectivity index is 0.000000572. The van der Waals surface area contributed by atoms with Gasteiger partial charge in [0.1, 0.15) is 6.61 Å². The smallest absolute Gasteiger partial charge is 0.301 e. The number of pyridine rings is 1. The van der Waals surface area contributed by atoms with E-state index in [0.29, 0.717) is 0 Å². The van der Waals surface area contributed by atoms with E-state index in [4.69, 9.17) is 30.6 Å². The fraction of sp³-hybridized carbons (Fsp3) is 0.450. The van der Waals surface area contributed by atoms with Gasteiger partial charge in [-0.25, -0.2) is 4.98 Å². The highest BCUT2D eigenvalue weighted by Gasteiger charge is 2.25. The van der Waals surface area contributed by atoms with Crippen molar-refractivity contribution >= 4 is 39.5 Å². The van der Waals surface area contributed by atoms with Gasteiger partial charge >= 0.3 is 10.0 Å². The molecule has 0 saturated heterocycles. The van der Waals surface area contributed by atoms with Crippen LogP contribution in [-0.4, -0.2) is 101 Å². The molecule has 3 heterocycles. The van der Waals surface area contributed by atoms with E-state index in [1.165, 1.54) is 38.6 Å². The Morgan fingerprint density at radius 1 is 1.22 bits per heavy atom. The average Bonchev–Trinajstić information content (AvgIpc) is 2.83. The summed E-state index contributed by atoms with van der Waals surface area (Å²) in [6.07, 6.45) is 1.23. The second kappa shape index (κ2) is 13.0. The normalized spacial score (nSPS) is 13.8. The highest BCUT2D eigenvalue weighted by Crippen LogP contribution is 2.19. The Morgan fingerprint density at radius 3 is 2.39 bits per heavy atom. The fourth-order valence-electron chi connectivity index (χ4n) is 2.39. The molecule has 1 aliphatic rings. The maximum atomic E-state index is 12.6. The van der Waals surface area contributed by atoms with Gasteiger partial charge in [0.15, 0.2) is 11.6 Å². The Morgan fingerprint density at radius 2 is 1.89 bits per heavy atom. The van der Waals surface area contributed by atoms with Gasteiger partial charge < -0.3 is 34.0 Å². The van der Waals surface area contributed by atoms with Crippen LogP contribution >= 0.6 is 11.6 Å². The lowest BCUT2D eigenvalue weighted by Crippen LogP contribution is -2.35. The number of sulfonamides is 1. The van der Waals surface area contributed by atoms with Crippen molar-refractivity contribution < 1.29 is 37.1 Å². The summed E-state index contributed by atoms with van der Waals surface area (Å²) in [5, 5.41) is 17.4. The van der Waals surface area contributed by atoms with Crippen molar-refractivity contribution in [2.75, 3.05) is 66.3 Å². The maximum absolute atomic E-state index is 12.6. The number of quaternary nitrogens is 1. The fourth-order valence-corrected chi connectivity index (χ4v) is 3.87. The zero-order chi connectivity index (χ0) is 26.8. The molecule has 16 heteroatoms. The first-order valence-corrected chi connectivity index (χ1v) is 12.4. The second-order valence-electron chi connectivity index (χ2n) is 7.91. The summed E-state index contributed by atoms with van der Waals surface area (Å²) in [4.78, 5) is 16.4. The van der Waals surface area contributed by atoms with Crippen LogP contribution in [0.1, 0.15) is 5.56 Å². The molecule has 0 aromatic carbocycles. The minimum Gasteiger partial charge on any atom is -0.845 e. The molecule has 1 N–H and O–H groups in total. The number of rotatable bonds is 8. The van der Waals surface area contributed by atoms with Gasteiger partial charge in [0.05, 0.1) is 65.4 Å². The zero-order valence-electron chi connectivity index (χ0n) is 20.5. The van der Waals surface area contributed by atoms with E-state index in [9.17, 15) is 13.5 Å². The first-order chi connectivity index (χ1) is 17.0. The van der Waals surface area contributed by atoms with Gasteiger partial charge in [0.2, 0.25) is 17.7 Å². The molecule has 0 fully saturated rings. The second-order valence-corrected chi connectivity index (χ2v) is 9.81. The lowest BCUT2D eigenvalue weighted by molar-refractivity contribution is -0.867. The van der Waals surface area contributed by atoms with E-state index < -0.39 is 21.1 Å². The van der Waals surface area contributed by atoms with Crippen LogP contribution in [0, 0.1) is 0 Å². The Labute approximate surface area is 214 Å². The standard InChI is InChI=1S/C15H16N6O7S.C5H13ClN/c1-25-10-8-11(26-2)18-14(17-10)19-15(22)21-29(23,24)13-9(4-3-5-16-13)12-20-28-7-6-27-12;1-7(2,3)5-4-6/h3-5,8H,6-7H2,1-2H3,(H2,17,18,19,21,22);4-5H2,1-3H3/q;+1/p-1. The summed E-state index contributed by atoms with van der Waals surface area (Å²) < 4.78 is 44.6. The van der Waals surface area contributed by atoms with E-state index in [0.717, 1.165) is 16.9 Å². The van der Waals surface area contributed by atoms with Crippen molar-refractivity contribution in [3.63, 3.8) is 0 Å². The molecule has 36 heavy (non-hydrogen) atoms. The average molecular weight is 546 g/mol. The Kier molecular flexibility index (Phi) is 10.4. The third-order valence-corrected chi connectivity index (χ3v) is 5.47. The number of anilines is 1. The largest absolute Gasteiger partial charge is 0.845 e. The number of amidine groups is 1. The number of halogens is 1. The van der Waals surface area contributed by atoms with E-state index in [1.807, 2.05) is 0 Å². The summed E-state index contributed by atoms with van der Waals surface area (Å²) in [5.41, 5.74) is 0.00282. The molecule has 0 bridgehead atoms. The molecule has 0 atom stereocenters. The lowest BCUT2D eigenvalue weighted by Gasteiger charge is -2.21. The number of aromatic nitrogens is 3. The van der Waals surface area contributed by atoms with Gasteiger partial charge in [-0.1, -0.05) is 0 Å². The molecular formula is C20H28ClN7O7S. The van der Waals surface area contributed by atoms with Crippen molar-refractivity contribution in [3.8, 4) is 11.8 Å². The van der Waals surface area contributed by atoms with E-state index in [1.54, 1.807) is 0 Å². The number of nitrogens with zero attached hydrogens (tertiary/aromatic N) is 6. The van der Waals surface area contributed by atoms with Crippen LogP contribution in [0.15, 0.2) is 39.0 Å². The summed E-state index contributed by atoms with van der Waals surface area (Å²) in [5.74, 6) is 0.590. The molecule has 2 aromatic heterocycles. The summed E-state index contributed by atoms with van der Waals surface area (Å²) in [6.45, 7) is 1.45. The molecule has 198 valence electrons. The minimum absolute atomic E-state index is 0.00282. The van der Waals surface area contributed by atoms with Crippen molar-refractivity contribution in [3.05, 3.63) is 30.0 Å². The highest BCUT2D eigenvalue weighted by atomic mass is 35.5. The third-order valence-electron chi connectivity index (χ3n) is 4.08. The lowest BCUT2D eigenvalue weighted by atomic mass is 10.3. The summed E-state index contributed by atoms with van der Waals surface area (Å²) in [7, 11) is 4.56. The van der Waals surface area contributed by atoms with Gasteiger partial charge in [-0.05, 0) is 17.3 Å². The van der Waals surface area contributed by atoms with Crippen LogP contribution in [0.4, 0.5) is 5.95 Å². The number of hydrogen-bond donors (Lipinski definition) is 1. The quantitative estimate of drug-likeness (QED) is 0.206.